The summed E-state index contributed by atoms with van der Waals surface area (Å²) in [7, 11) is -2.65. The standard InChI is InChI=1S/C31H34F2N2O6S2/c1-4-6-7-24-19-34(23-12-10-22(32)11-13-23)27-16-29(42-5-2)28(41-20-26(33)31(36)37)17-30(27)43(38,39)35(24)18-21-8-14-25(40-3)15-9-21/h8-17,20,24H,4-7,18-19H2,1-3H3,(H,36,37). The number of halogens is 2. The zero-order valence-corrected chi connectivity index (χ0v) is 25.8. The molecule has 43 heavy (non-hydrogen) atoms. The van der Waals surface area contributed by atoms with Crippen molar-refractivity contribution in [3.63, 3.8) is 0 Å². The molecule has 0 radical (unpaired) electrons. The number of benzene rings is 3. The Hall–Kier alpha value is -3.61. The van der Waals surface area contributed by atoms with E-state index in [4.69, 9.17) is 14.6 Å². The van der Waals surface area contributed by atoms with Gasteiger partial charge in [0.2, 0.25) is 15.9 Å². The van der Waals surface area contributed by atoms with Crippen molar-refractivity contribution in [2.24, 2.45) is 0 Å². The molecule has 1 N–H and O–H groups in total. The maximum atomic E-state index is 14.6. The molecule has 0 aliphatic carbocycles. The van der Waals surface area contributed by atoms with Gasteiger partial charge in [0.15, 0.2) is 0 Å². The highest BCUT2D eigenvalue weighted by molar-refractivity contribution is 7.99. The van der Waals surface area contributed by atoms with Crippen LogP contribution < -0.4 is 14.4 Å². The van der Waals surface area contributed by atoms with Gasteiger partial charge in [0, 0.05) is 30.9 Å². The summed E-state index contributed by atoms with van der Waals surface area (Å²) >= 11 is 1.33. The fourth-order valence-corrected chi connectivity index (χ4v) is 7.44. The third-order valence-corrected chi connectivity index (χ3v) is 9.87. The summed E-state index contributed by atoms with van der Waals surface area (Å²) in [6.45, 7) is 4.29. The molecule has 0 aromatic heterocycles. The second-order valence-electron chi connectivity index (χ2n) is 9.87. The topological polar surface area (TPSA) is 96.4 Å². The lowest BCUT2D eigenvalue weighted by Crippen LogP contribution is -2.43. The summed E-state index contributed by atoms with van der Waals surface area (Å²) in [5.74, 6) is -2.54. The fraction of sp³-hybridized carbons (Fsp3) is 0.323. The predicted molar refractivity (Wildman–Crippen MR) is 163 cm³/mol. The van der Waals surface area contributed by atoms with E-state index >= 15 is 0 Å². The third-order valence-electron chi connectivity index (χ3n) is 7.02. The van der Waals surface area contributed by atoms with Crippen LogP contribution in [0.5, 0.6) is 11.5 Å². The minimum Gasteiger partial charge on any atom is -0.497 e. The van der Waals surface area contributed by atoms with Gasteiger partial charge in [-0.05, 0) is 60.2 Å². The second-order valence-corrected chi connectivity index (χ2v) is 13.0. The first-order chi connectivity index (χ1) is 20.6. The number of carboxylic acids is 1. The number of anilines is 2. The van der Waals surface area contributed by atoms with E-state index < -0.39 is 33.7 Å². The van der Waals surface area contributed by atoms with Gasteiger partial charge < -0.3 is 19.5 Å². The van der Waals surface area contributed by atoms with Crippen LogP contribution in [0.4, 0.5) is 20.2 Å². The molecule has 230 valence electrons. The van der Waals surface area contributed by atoms with Crippen LogP contribution in [-0.2, 0) is 21.4 Å². The number of carbonyl (C=O) groups is 1. The van der Waals surface area contributed by atoms with Crippen LogP contribution in [0.1, 0.15) is 38.7 Å². The van der Waals surface area contributed by atoms with Gasteiger partial charge >= 0.3 is 5.97 Å². The number of unbranched alkanes of at least 4 members (excludes halogenated alkanes) is 1. The van der Waals surface area contributed by atoms with Gasteiger partial charge in [0.05, 0.1) is 17.7 Å². The van der Waals surface area contributed by atoms with Crippen molar-refractivity contribution in [2.45, 2.75) is 55.5 Å². The fourth-order valence-electron chi connectivity index (χ4n) is 4.86. The SMILES string of the molecule is CCCCC1CN(c2ccc(F)cc2)c2cc(SCC)c(OC=C(F)C(=O)O)cc2S(=O)(=O)N1Cc1ccc(OC)cc1. The molecule has 0 saturated heterocycles. The lowest BCUT2D eigenvalue weighted by atomic mass is 10.1. The number of fused-ring (bicyclic) bond motifs is 1. The lowest BCUT2D eigenvalue weighted by molar-refractivity contribution is -0.134. The zero-order valence-electron chi connectivity index (χ0n) is 24.1. The molecule has 4 rings (SSSR count). The molecular formula is C31H34F2N2O6S2. The Labute approximate surface area is 255 Å². The number of aliphatic carboxylic acids is 1. The highest BCUT2D eigenvalue weighted by Crippen LogP contribution is 2.45. The minimum atomic E-state index is -4.20. The summed E-state index contributed by atoms with van der Waals surface area (Å²) in [6, 6.07) is 15.5. The van der Waals surface area contributed by atoms with Gasteiger partial charge in [0.25, 0.3) is 0 Å². The Morgan fingerprint density at radius 3 is 2.42 bits per heavy atom. The van der Waals surface area contributed by atoms with Crippen LogP contribution in [0.15, 0.2) is 82.5 Å². The number of rotatable bonds is 12. The molecule has 0 fully saturated rings. The van der Waals surface area contributed by atoms with E-state index in [0.717, 1.165) is 18.4 Å². The van der Waals surface area contributed by atoms with Gasteiger partial charge in [-0.2, -0.15) is 8.70 Å². The smallest absolute Gasteiger partial charge is 0.368 e. The van der Waals surface area contributed by atoms with Crippen molar-refractivity contribution in [1.82, 2.24) is 4.31 Å². The Morgan fingerprint density at radius 1 is 1.12 bits per heavy atom. The molecule has 3 aromatic carbocycles. The largest absolute Gasteiger partial charge is 0.497 e. The number of ether oxygens (including phenoxy) is 2. The lowest BCUT2D eigenvalue weighted by Gasteiger charge is -2.31. The number of hydrogen-bond donors (Lipinski definition) is 1. The van der Waals surface area contributed by atoms with Crippen molar-refractivity contribution in [2.75, 3.05) is 24.3 Å². The van der Waals surface area contributed by atoms with E-state index in [2.05, 4.69) is 0 Å². The molecule has 1 atom stereocenters. The molecular weight excluding hydrogens is 598 g/mol. The summed E-state index contributed by atoms with van der Waals surface area (Å²) in [4.78, 5) is 13.3. The Balaban J connectivity index is 1.94. The van der Waals surface area contributed by atoms with E-state index in [-0.39, 0.29) is 23.7 Å². The first kappa shape index (κ1) is 32.3. The molecule has 12 heteroatoms. The van der Waals surface area contributed by atoms with Crippen molar-refractivity contribution < 1.29 is 36.6 Å². The normalized spacial score (nSPS) is 16.8. The maximum Gasteiger partial charge on any atom is 0.368 e. The van der Waals surface area contributed by atoms with Gasteiger partial charge in [-0.1, -0.05) is 38.8 Å². The average molecular weight is 633 g/mol. The summed E-state index contributed by atoms with van der Waals surface area (Å²) in [6.07, 6.45) is 2.65. The summed E-state index contributed by atoms with van der Waals surface area (Å²) < 4.78 is 69.2. The van der Waals surface area contributed by atoms with Crippen LogP contribution in [0.3, 0.4) is 0 Å². The number of nitrogens with zero attached hydrogens (tertiary/aromatic N) is 2. The monoisotopic (exact) mass is 632 g/mol. The van der Waals surface area contributed by atoms with Gasteiger partial charge in [-0.25, -0.2) is 17.6 Å². The van der Waals surface area contributed by atoms with Crippen LogP contribution >= 0.6 is 11.8 Å². The Morgan fingerprint density at radius 2 is 1.81 bits per heavy atom. The van der Waals surface area contributed by atoms with Crippen molar-refractivity contribution in [3.8, 4) is 11.5 Å². The quantitative estimate of drug-likeness (QED) is 0.128. The number of sulfonamides is 1. The first-order valence-corrected chi connectivity index (χ1v) is 16.3. The molecule has 1 heterocycles. The molecule has 1 aliphatic heterocycles. The van der Waals surface area contributed by atoms with E-state index in [1.165, 1.54) is 34.3 Å². The van der Waals surface area contributed by atoms with Crippen molar-refractivity contribution in [1.29, 1.82) is 0 Å². The molecule has 1 unspecified atom stereocenters. The van der Waals surface area contributed by atoms with Crippen LogP contribution in [0.25, 0.3) is 0 Å². The summed E-state index contributed by atoms with van der Waals surface area (Å²) in [5, 5.41) is 8.96. The first-order valence-electron chi connectivity index (χ1n) is 13.8. The van der Waals surface area contributed by atoms with Gasteiger partial charge in [-0.15, -0.1) is 11.8 Å². The van der Waals surface area contributed by atoms with Crippen LogP contribution in [0, 0.1) is 5.82 Å². The van der Waals surface area contributed by atoms with E-state index in [1.54, 1.807) is 37.4 Å². The molecule has 3 aromatic rings. The minimum absolute atomic E-state index is 0.000960. The number of hydrogen-bond acceptors (Lipinski definition) is 7. The molecule has 0 saturated carbocycles. The van der Waals surface area contributed by atoms with Crippen molar-refractivity contribution in [3.05, 3.63) is 84.1 Å². The van der Waals surface area contributed by atoms with E-state index in [1.807, 2.05) is 30.9 Å². The van der Waals surface area contributed by atoms with Gasteiger partial charge in [-0.3, -0.25) is 0 Å². The zero-order chi connectivity index (χ0) is 31.1. The number of carboxylic acid groups (broad SMARTS) is 1. The average Bonchev–Trinajstić information content (AvgIpc) is 3.08. The molecule has 1 aliphatic rings. The number of methoxy groups -OCH3 is 1. The van der Waals surface area contributed by atoms with E-state index in [0.29, 0.717) is 40.5 Å². The molecule has 0 bridgehead atoms. The molecule has 0 spiro atoms. The Kier molecular flexibility index (Phi) is 10.7. The summed E-state index contributed by atoms with van der Waals surface area (Å²) in [5.41, 5.74) is 1.71. The predicted octanol–water partition coefficient (Wildman–Crippen LogP) is 7.12. The maximum absolute atomic E-state index is 14.6. The highest BCUT2D eigenvalue weighted by Gasteiger charge is 2.40. The third kappa shape index (κ3) is 7.49. The van der Waals surface area contributed by atoms with Crippen LogP contribution in [-0.4, -0.2) is 49.2 Å². The highest BCUT2D eigenvalue weighted by atomic mass is 32.2. The number of thioether (sulfide) groups is 1. The molecule has 8 nitrogen and oxygen atoms in total. The van der Waals surface area contributed by atoms with Crippen LogP contribution in [0.2, 0.25) is 0 Å². The molecule has 0 amide bonds. The van der Waals surface area contributed by atoms with Gasteiger partial charge in [0.1, 0.15) is 28.5 Å². The van der Waals surface area contributed by atoms with E-state index in [9.17, 15) is 22.0 Å². The Bertz CT molecular complexity index is 1560. The van der Waals surface area contributed by atoms with Crippen molar-refractivity contribution >= 4 is 39.1 Å². The second kappa shape index (κ2) is 14.2.